The minimum atomic E-state index is -2.23. The summed E-state index contributed by atoms with van der Waals surface area (Å²) in [5, 5.41) is 22.8. The number of aromatic nitrogens is 1. The maximum Gasteiger partial charge on any atom is 0.222 e. The average molecular weight is 619 g/mol. The molecule has 8 atom stereocenters. The van der Waals surface area contributed by atoms with Gasteiger partial charge >= 0.3 is 0 Å². The Morgan fingerprint density at radius 1 is 1.27 bits per heavy atom. The molecule has 238 valence electrons. The zero-order chi connectivity index (χ0) is 31.7. The molecule has 0 aromatic carbocycles. The zero-order valence-corrected chi connectivity index (χ0v) is 28.1. The van der Waals surface area contributed by atoms with Crippen LogP contribution in [0.4, 0.5) is 0 Å². The predicted molar refractivity (Wildman–Crippen MR) is 175 cm³/mol. The quantitative estimate of drug-likeness (QED) is 0.263. The van der Waals surface area contributed by atoms with Crippen LogP contribution in [0.15, 0.2) is 60.0 Å². The minimum Gasteiger partial charge on any atom is -0.432 e. The van der Waals surface area contributed by atoms with E-state index in [9.17, 15) is 19.8 Å². The van der Waals surface area contributed by atoms with Crippen LogP contribution in [0, 0.1) is 24.2 Å². The Morgan fingerprint density at radius 3 is 2.77 bits per heavy atom. The lowest BCUT2D eigenvalue weighted by molar-refractivity contribution is -0.171. The lowest BCUT2D eigenvalue weighted by atomic mass is 9.58. The Bertz CT molecular complexity index is 1430. The van der Waals surface area contributed by atoms with Gasteiger partial charge in [-0.1, -0.05) is 43.4 Å². The lowest BCUT2D eigenvalue weighted by Crippen LogP contribution is -2.63. The molecule has 2 bridgehead atoms. The Kier molecular flexibility index (Phi) is 8.02. The van der Waals surface area contributed by atoms with E-state index in [1.54, 1.807) is 11.9 Å². The van der Waals surface area contributed by atoms with Crippen LogP contribution in [0.3, 0.4) is 0 Å². The molecule has 2 aliphatic heterocycles. The van der Waals surface area contributed by atoms with E-state index in [-0.39, 0.29) is 11.3 Å². The molecule has 0 radical (unpaired) electrons. The van der Waals surface area contributed by atoms with Gasteiger partial charge in [0.25, 0.3) is 0 Å². The van der Waals surface area contributed by atoms with Crippen LogP contribution in [-0.4, -0.2) is 75.6 Å². The summed E-state index contributed by atoms with van der Waals surface area (Å²) in [6.45, 7) is 12.8. The van der Waals surface area contributed by atoms with Crippen molar-refractivity contribution in [3.8, 4) is 0 Å². The predicted octanol–water partition coefficient (Wildman–Crippen LogP) is 5.48. The van der Waals surface area contributed by atoms with Gasteiger partial charge in [0.05, 0.1) is 17.2 Å². The van der Waals surface area contributed by atoms with E-state index >= 15 is 0 Å². The fourth-order valence-corrected chi connectivity index (χ4v) is 10.5. The monoisotopic (exact) mass is 618 g/mol. The minimum absolute atomic E-state index is 0.00215. The number of likely N-dealkylation sites (N-methyl/N-ethyl adjacent to an activating group) is 1. The number of ether oxygens (including phenoxy) is 1. The molecule has 2 spiro atoms. The van der Waals surface area contributed by atoms with Crippen LogP contribution in [0.25, 0.3) is 6.08 Å². The van der Waals surface area contributed by atoms with Gasteiger partial charge in [0.1, 0.15) is 12.2 Å². The number of aryl methyl sites for hydroxylation is 1. The smallest absolute Gasteiger partial charge is 0.222 e. The second-order valence-corrected chi connectivity index (χ2v) is 19.3. The number of carbonyl (C=O) groups excluding carboxylic acids is 1. The van der Waals surface area contributed by atoms with Gasteiger partial charge in [-0.15, -0.1) is 0 Å². The van der Waals surface area contributed by atoms with E-state index in [0.29, 0.717) is 37.1 Å². The summed E-state index contributed by atoms with van der Waals surface area (Å²) in [5.74, 6) is 0.591. The number of hydrogen-bond donors (Lipinski definition) is 3. The molecule has 1 aromatic rings. The molecule has 8 heteroatoms. The normalized spacial score (nSPS) is 37.6. The summed E-state index contributed by atoms with van der Waals surface area (Å²) in [6.07, 6.45) is 16.5. The highest BCUT2D eigenvalue weighted by Gasteiger charge is 2.68. The third-order valence-electron chi connectivity index (χ3n) is 11.9. The summed E-state index contributed by atoms with van der Waals surface area (Å²) in [4.78, 5) is 29.3. The molecule has 2 saturated carbocycles. The van der Waals surface area contributed by atoms with Crippen molar-refractivity contribution in [2.24, 2.45) is 17.3 Å². The van der Waals surface area contributed by atoms with E-state index in [1.165, 1.54) is 0 Å². The number of hydrogen-bond acceptors (Lipinski definition) is 6. The molecule has 5 aliphatic rings. The molecular weight excluding hydrogens is 568 g/mol. The van der Waals surface area contributed by atoms with Gasteiger partial charge < -0.3 is 24.6 Å². The van der Waals surface area contributed by atoms with Crippen molar-refractivity contribution in [1.82, 2.24) is 9.88 Å². The average Bonchev–Trinajstić information content (AvgIpc) is 3.49. The molecule has 3 aliphatic carbocycles. The van der Waals surface area contributed by atoms with Crippen molar-refractivity contribution in [2.45, 2.75) is 114 Å². The second kappa shape index (κ2) is 11.2. The van der Waals surface area contributed by atoms with Gasteiger partial charge in [-0.3, -0.25) is 9.78 Å². The molecule has 3 heterocycles. The van der Waals surface area contributed by atoms with Gasteiger partial charge in [-0.05, 0) is 110 Å². The number of pyridine rings is 1. The molecule has 1 aromatic heterocycles. The summed E-state index contributed by atoms with van der Waals surface area (Å²) in [5.41, 5.74) is 4.26. The molecule has 44 heavy (non-hydrogen) atoms. The van der Waals surface area contributed by atoms with E-state index < -0.39 is 37.8 Å². The van der Waals surface area contributed by atoms with E-state index in [2.05, 4.69) is 49.7 Å². The fraction of sp³-hybridized carbons (Fsp3) is 0.611. The third kappa shape index (κ3) is 5.11. The number of fused-ring (bicyclic) bond motifs is 1. The number of aliphatic hydroxyl groups is 2. The van der Waals surface area contributed by atoms with Crippen molar-refractivity contribution < 1.29 is 24.5 Å². The SMILES string of the molecule is C=C(/C=C\c1ccncc1C)[C@H]1CC[C@@H]2[C@]1(C)CC=C1C=C3[C@@H](O)[C@H](O)[C@@H](N(C)C(=O)CCC[Si](C)(C)O)C[C@]34CC[C@@]12O4. The molecule has 1 amide bonds. The first kappa shape index (κ1) is 31.6. The molecule has 1 saturated heterocycles. The Hall–Kier alpha value is -2.36. The largest absolute Gasteiger partial charge is 0.432 e. The summed E-state index contributed by atoms with van der Waals surface area (Å²) in [7, 11) is -0.495. The van der Waals surface area contributed by atoms with Crippen molar-refractivity contribution >= 4 is 20.3 Å². The van der Waals surface area contributed by atoms with Crippen LogP contribution >= 0.6 is 0 Å². The van der Waals surface area contributed by atoms with E-state index in [1.807, 2.05) is 31.6 Å². The molecule has 6 rings (SSSR count). The molecule has 3 fully saturated rings. The molecule has 3 N–H and O–H groups in total. The second-order valence-electron chi connectivity index (χ2n) is 15.2. The highest BCUT2D eigenvalue weighted by molar-refractivity contribution is 6.69. The number of carbonyl (C=O) groups is 1. The molecule has 0 unspecified atom stereocenters. The maximum atomic E-state index is 13.2. The Labute approximate surface area is 263 Å². The highest BCUT2D eigenvalue weighted by atomic mass is 28.4. The van der Waals surface area contributed by atoms with Crippen LogP contribution < -0.4 is 0 Å². The third-order valence-corrected chi connectivity index (χ3v) is 13.5. The van der Waals surface area contributed by atoms with Crippen molar-refractivity contribution in [1.29, 1.82) is 0 Å². The summed E-state index contributed by atoms with van der Waals surface area (Å²) >= 11 is 0. The fourth-order valence-electron chi connectivity index (χ4n) is 9.42. The Balaban J connectivity index is 1.24. The number of aliphatic hydroxyl groups excluding tert-OH is 2. The number of allylic oxidation sites excluding steroid dienone is 3. The van der Waals surface area contributed by atoms with Crippen molar-refractivity contribution in [2.75, 3.05) is 7.05 Å². The van der Waals surface area contributed by atoms with Gasteiger partial charge in [-0.25, -0.2) is 0 Å². The van der Waals surface area contributed by atoms with E-state index in [4.69, 9.17) is 4.74 Å². The van der Waals surface area contributed by atoms with Gasteiger partial charge in [0.15, 0.2) is 8.32 Å². The standard InChI is InChI=1S/C36H50N2O5Si/c1-23(9-10-25-14-18-37-22-24(25)2)27-11-12-30-34(27,3)15-13-26-20-28-32(40)33(41)29(21-35(28)16-17-36(26,30)43-35)38(4)31(39)8-7-19-44(5,6)42/h9-10,13-14,18,20,22,27,29-30,32-33,40-42H,1,7-8,11-12,15-17,19,21H2,2-6H3/b10-9-/t27-,29+,30-,32-,33-,34-,35-,36-/m1/s1. The number of nitrogens with zero attached hydrogens (tertiary/aromatic N) is 2. The maximum absolute atomic E-state index is 13.2. The first-order chi connectivity index (χ1) is 20.7. The topological polar surface area (TPSA) is 103 Å². The zero-order valence-electron chi connectivity index (χ0n) is 27.1. The van der Waals surface area contributed by atoms with E-state index in [0.717, 1.165) is 60.0 Å². The van der Waals surface area contributed by atoms with Crippen molar-refractivity contribution in [3.63, 3.8) is 0 Å². The van der Waals surface area contributed by atoms with Crippen LogP contribution in [-0.2, 0) is 9.53 Å². The Morgan fingerprint density at radius 2 is 2.05 bits per heavy atom. The first-order valence-electron chi connectivity index (χ1n) is 16.5. The number of rotatable bonds is 8. The number of amides is 1. The van der Waals surface area contributed by atoms with Crippen LogP contribution in [0.1, 0.15) is 69.4 Å². The van der Waals surface area contributed by atoms with Crippen molar-refractivity contribution in [3.05, 3.63) is 71.1 Å². The molecule has 7 nitrogen and oxygen atoms in total. The van der Waals surface area contributed by atoms with Crippen LogP contribution in [0.5, 0.6) is 0 Å². The van der Waals surface area contributed by atoms with Gasteiger partial charge in [-0.2, -0.15) is 0 Å². The summed E-state index contributed by atoms with van der Waals surface area (Å²) < 4.78 is 7.31. The van der Waals surface area contributed by atoms with Crippen LogP contribution in [0.2, 0.25) is 19.1 Å². The lowest BCUT2D eigenvalue weighted by Gasteiger charge is -2.56. The van der Waals surface area contributed by atoms with Gasteiger partial charge in [0.2, 0.25) is 5.91 Å². The molecular formula is C36H50N2O5Si. The highest BCUT2D eigenvalue weighted by Crippen LogP contribution is 2.68. The summed E-state index contributed by atoms with van der Waals surface area (Å²) in [6, 6.07) is 2.16. The van der Waals surface area contributed by atoms with Gasteiger partial charge in [0, 0.05) is 32.3 Å². The first-order valence-corrected chi connectivity index (χ1v) is 19.6.